The van der Waals surface area contributed by atoms with Crippen molar-refractivity contribution in [2.24, 2.45) is 0 Å². The van der Waals surface area contributed by atoms with Crippen LogP contribution in [0, 0.1) is 0 Å². The van der Waals surface area contributed by atoms with Gasteiger partial charge in [-0.3, -0.25) is 9.59 Å². The largest absolute Gasteiger partial charge is 0.480 e. The maximum Gasteiger partial charge on any atom is 0.325 e. The van der Waals surface area contributed by atoms with Crippen LogP contribution in [0.4, 0.5) is 0 Å². The molecule has 1 aliphatic rings. The van der Waals surface area contributed by atoms with E-state index in [-0.39, 0.29) is 5.92 Å². The Bertz CT molecular complexity index is 777. The summed E-state index contributed by atoms with van der Waals surface area (Å²) in [6, 6.07) is 0.768. The normalized spacial score (nSPS) is 15.8. The molecule has 3 rings (SSSR count). The molecule has 1 saturated carbocycles. The molecule has 0 aliphatic heterocycles. The molecule has 1 aliphatic carbocycles. The van der Waals surface area contributed by atoms with Gasteiger partial charge in [0.25, 0.3) is 11.6 Å². The lowest BCUT2D eigenvalue weighted by atomic mass is 10.0. The molecule has 2 heterocycles. The summed E-state index contributed by atoms with van der Waals surface area (Å²) >= 11 is 0. The second-order valence-electron chi connectivity index (χ2n) is 6.31. The molecular formula is C16H19N3O4. The van der Waals surface area contributed by atoms with Crippen LogP contribution in [-0.2, 0) is 4.79 Å². The monoisotopic (exact) mass is 317 g/mol. The second-order valence-corrected chi connectivity index (χ2v) is 6.31. The number of amides is 1. The number of carboxylic acids is 1. The number of hydrogen-bond acceptors (Lipinski definition) is 5. The van der Waals surface area contributed by atoms with E-state index < -0.39 is 17.9 Å². The molecule has 0 bridgehead atoms. The van der Waals surface area contributed by atoms with Crippen molar-refractivity contribution >= 4 is 23.0 Å². The Balaban J connectivity index is 2.09. The van der Waals surface area contributed by atoms with Crippen molar-refractivity contribution in [2.75, 3.05) is 0 Å². The maximum atomic E-state index is 12.6. The van der Waals surface area contributed by atoms with Crippen LogP contribution in [0.3, 0.4) is 0 Å². The number of fused-ring (bicyclic) bond motifs is 1. The topological polar surface area (TPSA) is 105 Å². The lowest BCUT2D eigenvalue weighted by Gasteiger charge is -2.11. The molecule has 2 aromatic heterocycles. The van der Waals surface area contributed by atoms with E-state index in [1.165, 1.54) is 6.92 Å². The Morgan fingerprint density at radius 2 is 2.04 bits per heavy atom. The van der Waals surface area contributed by atoms with Crippen molar-refractivity contribution in [3.05, 3.63) is 23.0 Å². The summed E-state index contributed by atoms with van der Waals surface area (Å²) < 4.78 is 5.31. The Morgan fingerprint density at radius 3 is 2.61 bits per heavy atom. The predicted octanol–water partition coefficient (Wildman–Crippen LogP) is 2.43. The number of carbonyl (C=O) groups excluding carboxylic acids is 1. The molecule has 1 fully saturated rings. The Labute approximate surface area is 133 Å². The fourth-order valence-electron chi connectivity index (χ4n) is 2.49. The van der Waals surface area contributed by atoms with Crippen molar-refractivity contribution in [1.82, 2.24) is 15.5 Å². The highest BCUT2D eigenvalue weighted by Crippen LogP contribution is 2.41. The first-order chi connectivity index (χ1) is 10.9. The van der Waals surface area contributed by atoms with Gasteiger partial charge in [0, 0.05) is 11.6 Å². The van der Waals surface area contributed by atoms with Crippen LogP contribution in [-0.4, -0.2) is 33.2 Å². The molecule has 0 saturated heterocycles. The molecule has 1 atom stereocenters. The molecule has 122 valence electrons. The van der Waals surface area contributed by atoms with Gasteiger partial charge in [-0.25, -0.2) is 4.98 Å². The van der Waals surface area contributed by atoms with Gasteiger partial charge in [0.15, 0.2) is 0 Å². The number of hydrogen-bond donors (Lipinski definition) is 2. The third-order valence-electron chi connectivity index (χ3n) is 4.00. The van der Waals surface area contributed by atoms with Gasteiger partial charge in [-0.2, -0.15) is 0 Å². The van der Waals surface area contributed by atoms with E-state index in [1.54, 1.807) is 6.07 Å². The van der Waals surface area contributed by atoms with Crippen LogP contribution in [0.15, 0.2) is 10.6 Å². The Morgan fingerprint density at radius 1 is 1.35 bits per heavy atom. The SMILES string of the molecule is CC(C)c1noc2nc(C3CC3)cc(C(=O)N[C@@H](C)C(=O)O)c12. The zero-order valence-corrected chi connectivity index (χ0v) is 13.3. The lowest BCUT2D eigenvalue weighted by molar-refractivity contribution is -0.138. The number of carboxylic acid groups (broad SMARTS) is 1. The van der Waals surface area contributed by atoms with E-state index in [2.05, 4.69) is 15.5 Å². The highest BCUT2D eigenvalue weighted by molar-refractivity contribution is 6.07. The van der Waals surface area contributed by atoms with E-state index in [0.717, 1.165) is 18.5 Å². The van der Waals surface area contributed by atoms with Crippen LogP contribution in [0.5, 0.6) is 0 Å². The maximum absolute atomic E-state index is 12.6. The summed E-state index contributed by atoms with van der Waals surface area (Å²) in [5, 5.41) is 16.1. The quantitative estimate of drug-likeness (QED) is 0.877. The predicted molar refractivity (Wildman–Crippen MR) is 82.4 cm³/mol. The van der Waals surface area contributed by atoms with Gasteiger partial charge < -0.3 is 14.9 Å². The van der Waals surface area contributed by atoms with E-state index in [0.29, 0.717) is 28.3 Å². The zero-order chi connectivity index (χ0) is 16.7. The number of aromatic nitrogens is 2. The molecule has 2 aromatic rings. The van der Waals surface area contributed by atoms with Gasteiger partial charge in [0.1, 0.15) is 6.04 Å². The number of aliphatic carboxylic acids is 1. The molecule has 23 heavy (non-hydrogen) atoms. The number of nitrogens with one attached hydrogen (secondary N) is 1. The van der Waals surface area contributed by atoms with Gasteiger partial charge >= 0.3 is 5.97 Å². The second kappa shape index (κ2) is 5.64. The molecule has 7 heteroatoms. The van der Waals surface area contributed by atoms with Crippen molar-refractivity contribution in [2.45, 2.75) is 51.5 Å². The van der Waals surface area contributed by atoms with E-state index >= 15 is 0 Å². The molecular weight excluding hydrogens is 298 g/mol. The minimum atomic E-state index is -1.08. The minimum absolute atomic E-state index is 0.0632. The number of rotatable bonds is 5. The van der Waals surface area contributed by atoms with E-state index in [4.69, 9.17) is 9.63 Å². The average Bonchev–Trinajstić information content (AvgIpc) is 3.25. The van der Waals surface area contributed by atoms with Crippen molar-refractivity contribution in [3.8, 4) is 0 Å². The van der Waals surface area contributed by atoms with Gasteiger partial charge in [-0.15, -0.1) is 0 Å². The van der Waals surface area contributed by atoms with Crippen molar-refractivity contribution in [1.29, 1.82) is 0 Å². The third kappa shape index (κ3) is 2.91. The summed E-state index contributed by atoms with van der Waals surface area (Å²) in [5.41, 5.74) is 2.18. The fourth-order valence-corrected chi connectivity index (χ4v) is 2.49. The molecule has 0 radical (unpaired) electrons. The molecule has 0 spiro atoms. The van der Waals surface area contributed by atoms with Gasteiger partial charge in [0.2, 0.25) is 0 Å². The van der Waals surface area contributed by atoms with Crippen LogP contribution in [0.2, 0.25) is 0 Å². The lowest BCUT2D eigenvalue weighted by Crippen LogP contribution is -2.38. The van der Waals surface area contributed by atoms with E-state index in [9.17, 15) is 9.59 Å². The Hall–Kier alpha value is -2.44. The highest BCUT2D eigenvalue weighted by atomic mass is 16.5. The fraction of sp³-hybridized carbons (Fsp3) is 0.500. The van der Waals surface area contributed by atoms with Gasteiger partial charge in [0.05, 0.1) is 16.6 Å². The van der Waals surface area contributed by atoms with Gasteiger partial charge in [-0.1, -0.05) is 19.0 Å². The highest BCUT2D eigenvalue weighted by Gasteiger charge is 2.30. The number of carbonyl (C=O) groups is 2. The molecule has 2 N–H and O–H groups in total. The minimum Gasteiger partial charge on any atom is -0.480 e. The first-order valence-corrected chi connectivity index (χ1v) is 7.72. The summed E-state index contributed by atoms with van der Waals surface area (Å²) in [6.07, 6.45) is 2.08. The van der Waals surface area contributed by atoms with Crippen molar-refractivity contribution < 1.29 is 19.2 Å². The molecule has 7 nitrogen and oxygen atoms in total. The smallest absolute Gasteiger partial charge is 0.325 e. The van der Waals surface area contributed by atoms with Gasteiger partial charge in [-0.05, 0) is 31.7 Å². The molecule has 0 unspecified atom stereocenters. The first-order valence-electron chi connectivity index (χ1n) is 7.72. The summed E-state index contributed by atoms with van der Waals surface area (Å²) in [5.74, 6) is -1.12. The first kappa shape index (κ1) is 15.5. The number of nitrogens with zero attached hydrogens (tertiary/aromatic N) is 2. The van der Waals surface area contributed by atoms with Crippen LogP contribution in [0.1, 0.15) is 67.2 Å². The zero-order valence-electron chi connectivity index (χ0n) is 13.3. The van der Waals surface area contributed by atoms with Crippen LogP contribution in [0.25, 0.3) is 11.1 Å². The average molecular weight is 317 g/mol. The standard InChI is InChI=1S/C16H19N3O4/c1-7(2)13-12-10(14(20)17-8(3)16(21)22)6-11(9-4-5-9)18-15(12)23-19-13/h6-9H,4-5H2,1-3H3,(H,17,20)(H,21,22)/t8-/m0/s1. The molecule has 0 aromatic carbocycles. The third-order valence-corrected chi connectivity index (χ3v) is 4.00. The summed E-state index contributed by atoms with van der Waals surface area (Å²) in [4.78, 5) is 28.0. The van der Waals surface area contributed by atoms with Crippen LogP contribution >= 0.6 is 0 Å². The number of pyridine rings is 1. The summed E-state index contributed by atoms with van der Waals surface area (Å²) in [7, 11) is 0. The van der Waals surface area contributed by atoms with Crippen molar-refractivity contribution in [3.63, 3.8) is 0 Å². The van der Waals surface area contributed by atoms with Crippen LogP contribution < -0.4 is 5.32 Å². The van der Waals surface area contributed by atoms with E-state index in [1.807, 2.05) is 13.8 Å². The Kier molecular flexibility index (Phi) is 3.79. The molecule has 1 amide bonds. The summed E-state index contributed by atoms with van der Waals surface area (Å²) in [6.45, 7) is 5.33.